The number of carbonyl (C=O) groups excluding carboxylic acids is 2. The number of para-hydroxylation sites is 2. The van der Waals surface area contributed by atoms with Gasteiger partial charge in [-0.2, -0.15) is 0 Å². The van der Waals surface area contributed by atoms with Crippen molar-refractivity contribution in [1.82, 2.24) is 14.7 Å². The van der Waals surface area contributed by atoms with Crippen LogP contribution >= 0.6 is 0 Å². The number of hydrogen-bond acceptors (Lipinski definition) is 5. The molecule has 0 bridgehead atoms. The first-order valence-electron chi connectivity index (χ1n) is 14.7. The summed E-state index contributed by atoms with van der Waals surface area (Å²) in [6.45, 7) is 8.01. The first-order chi connectivity index (χ1) is 20.4. The molecule has 0 aliphatic carbocycles. The summed E-state index contributed by atoms with van der Waals surface area (Å²) in [6, 6.07) is 21.3. The minimum absolute atomic E-state index is 0.0119. The van der Waals surface area contributed by atoms with E-state index in [2.05, 4.69) is 9.80 Å². The van der Waals surface area contributed by atoms with Crippen LogP contribution in [0.5, 0.6) is 0 Å². The van der Waals surface area contributed by atoms with Crippen LogP contribution in [0, 0.1) is 11.6 Å². The lowest BCUT2D eigenvalue weighted by atomic mass is 10.1. The van der Waals surface area contributed by atoms with Gasteiger partial charge in [0.2, 0.25) is 11.8 Å². The molecule has 222 valence electrons. The molecule has 5 rings (SSSR count). The molecule has 42 heavy (non-hydrogen) atoms. The molecule has 2 aliphatic heterocycles. The van der Waals surface area contributed by atoms with Gasteiger partial charge >= 0.3 is 0 Å². The van der Waals surface area contributed by atoms with E-state index in [9.17, 15) is 18.4 Å². The minimum Gasteiger partial charge on any atom is -0.366 e. The molecule has 1 fully saturated rings. The van der Waals surface area contributed by atoms with Crippen LogP contribution in [0.15, 0.2) is 72.8 Å². The van der Waals surface area contributed by atoms with Gasteiger partial charge in [-0.1, -0.05) is 42.5 Å². The second-order valence-electron chi connectivity index (χ2n) is 11.1. The number of carbonyl (C=O) groups is 2. The van der Waals surface area contributed by atoms with E-state index in [-0.39, 0.29) is 30.0 Å². The number of rotatable bonds is 5. The highest BCUT2D eigenvalue weighted by Gasteiger charge is 2.26. The SMILES string of the molecule is CC(=O)N1CCCN(Cc2ccc(F)cc2)CCN(CC(=O)N2CCN(c3ccccc3F)CC2)Cc2ccccc21. The van der Waals surface area contributed by atoms with Crippen molar-refractivity contribution in [1.29, 1.82) is 0 Å². The maximum Gasteiger partial charge on any atom is 0.236 e. The quantitative estimate of drug-likeness (QED) is 0.452. The van der Waals surface area contributed by atoms with Crippen molar-refractivity contribution in [2.24, 2.45) is 0 Å². The fourth-order valence-electron chi connectivity index (χ4n) is 5.86. The average Bonchev–Trinajstić information content (AvgIpc) is 3.02. The van der Waals surface area contributed by atoms with Crippen molar-refractivity contribution < 1.29 is 18.4 Å². The van der Waals surface area contributed by atoms with Crippen molar-refractivity contribution in [3.8, 4) is 0 Å². The van der Waals surface area contributed by atoms with Crippen LogP contribution in [-0.4, -0.2) is 85.4 Å². The topological polar surface area (TPSA) is 50.3 Å². The molecule has 1 saturated heterocycles. The summed E-state index contributed by atoms with van der Waals surface area (Å²) < 4.78 is 27.8. The van der Waals surface area contributed by atoms with E-state index < -0.39 is 0 Å². The van der Waals surface area contributed by atoms with Crippen LogP contribution in [0.3, 0.4) is 0 Å². The van der Waals surface area contributed by atoms with Gasteiger partial charge in [0.1, 0.15) is 11.6 Å². The van der Waals surface area contributed by atoms with E-state index in [4.69, 9.17) is 0 Å². The molecule has 3 aromatic rings. The van der Waals surface area contributed by atoms with Crippen LogP contribution in [0.1, 0.15) is 24.5 Å². The van der Waals surface area contributed by atoms with Gasteiger partial charge in [-0.25, -0.2) is 8.78 Å². The molecule has 0 radical (unpaired) electrons. The molecule has 0 unspecified atom stereocenters. The fourth-order valence-corrected chi connectivity index (χ4v) is 5.86. The Bertz CT molecular complexity index is 1360. The van der Waals surface area contributed by atoms with Crippen molar-refractivity contribution in [2.45, 2.75) is 26.4 Å². The molecule has 0 aromatic heterocycles. The summed E-state index contributed by atoms with van der Waals surface area (Å²) in [4.78, 5) is 36.4. The van der Waals surface area contributed by atoms with Crippen LogP contribution < -0.4 is 9.80 Å². The number of anilines is 2. The fraction of sp³-hybridized carbons (Fsp3) is 0.394. The summed E-state index contributed by atoms with van der Waals surface area (Å²) in [5, 5.41) is 0. The molecule has 2 amide bonds. The van der Waals surface area contributed by atoms with Crippen molar-refractivity contribution in [3.05, 3.63) is 95.6 Å². The van der Waals surface area contributed by atoms with Gasteiger partial charge in [0.25, 0.3) is 0 Å². The third-order valence-electron chi connectivity index (χ3n) is 8.15. The second-order valence-corrected chi connectivity index (χ2v) is 11.1. The predicted octanol–water partition coefficient (Wildman–Crippen LogP) is 4.37. The van der Waals surface area contributed by atoms with E-state index >= 15 is 0 Å². The maximum atomic E-state index is 14.3. The third kappa shape index (κ3) is 7.52. The zero-order valence-corrected chi connectivity index (χ0v) is 24.2. The molecular weight excluding hydrogens is 536 g/mol. The predicted molar refractivity (Wildman–Crippen MR) is 161 cm³/mol. The summed E-state index contributed by atoms with van der Waals surface area (Å²) >= 11 is 0. The van der Waals surface area contributed by atoms with Crippen LogP contribution in [0.2, 0.25) is 0 Å². The Balaban J connectivity index is 1.31. The van der Waals surface area contributed by atoms with Crippen LogP contribution in [-0.2, 0) is 22.7 Å². The van der Waals surface area contributed by atoms with Gasteiger partial charge in [0.05, 0.1) is 12.2 Å². The number of nitrogens with zero attached hydrogens (tertiary/aromatic N) is 5. The van der Waals surface area contributed by atoms with Gasteiger partial charge in [-0.15, -0.1) is 0 Å². The lowest BCUT2D eigenvalue weighted by molar-refractivity contribution is -0.133. The van der Waals surface area contributed by atoms with Gasteiger partial charge in [-0.05, 0) is 47.9 Å². The maximum absolute atomic E-state index is 14.3. The molecule has 9 heteroatoms. The summed E-state index contributed by atoms with van der Waals surface area (Å²) in [6.07, 6.45) is 0.792. The standard InChI is InChI=1S/C33H39F2N5O2/c1-26(41)40-16-6-15-36(23-27-11-13-29(34)14-12-27)17-18-37(24-28-7-2-4-9-31(28)40)25-33(42)39-21-19-38(20-22-39)32-10-5-3-8-30(32)35/h2-5,7-14H,6,15-25H2,1H3. The Morgan fingerprint density at radius 2 is 1.38 bits per heavy atom. The van der Waals surface area contributed by atoms with Crippen LogP contribution in [0.4, 0.5) is 20.2 Å². The van der Waals surface area contributed by atoms with Crippen molar-refractivity contribution in [2.75, 3.05) is 68.7 Å². The van der Waals surface area contributed by atoms with Gasteiger partial charge in [0.15, 0.2) is 0 Å². The molecule has 2 heterocycles. The number of benzene rings is 3. The highest BCUT2D eigenvalue weighted by Crippen LogP contribution is 2.24. The summed E-state index contributed by atoms with van der Waals surface area (Å²) in [5.41, 5.74) is 3.49. The largest absolute Gasteiger partial charge is 0.366 e. The van der Waals surface area contributed by atoms with E-state index in [0.29, 0.717) is 58.0 Å². The normalized spacial score (nSPS) is 17.5. The molecule has 3 aromatic carbocycles. The smallest absolute Gasteiger partial charge is 0.236 e. The first-order valence-corrected chi connectivity index (χ1v) is 14.7. The summed E-state index contributed by atoms with van der Waals surface area (Å²) in [7, 11) is 0. The molecule has 2 aliphatic rings. The Morgan fingerprint density at radius 3 is 2.10 bits per heavy atom. The minimum atomic E-state index is -0.259. The monoisotopic (exact) mass is 575 g/mol. The van der Waals surface area contributed by atoms with Crippen LogP contribution in [0.25, 0.3) is 0 Å². The molecule has 0 N–H and O–H groups in total. The molecular formula is C33H39F2N5O2. The Labute approximate surface area is 246 Å². The summed E-state index contributed by atoms with van der Waals surface area (Å²) in [5.74, 6) is -0.471. The van der Waals surface area contributed by atoms with E-state index in [0.717, 1.165) is 36.3 Å². The lowest BCUT2D eigenvalue weighted by Gasteiger charge is -2.37. The highest BCUT2D eigenvalue weighted by molar-refractivity contribution is 5.92. The molecule has 0 atom stereocenters. The molecule has 7 nitrogen and oxygen atoms in total. The van der Waals surface area contributed by atoms with Gasteiger partial charge < -0.3 is 14.7 Å². The Morgan fingerprint density at radius 1 is 0.714 bits per heavy atom. The Hall–Kier alpha value is -3.82. The van der Waals surface area contributed by atoms with Crippen molar-refractivity contribution in [3.63, 3.8) is 0 Å². The lowest BCUT2D eigenvalue weighted by Crippen LogP contribution is -2.51. The molecule has 0 spiro atoms. The van der Waals surface area contributed by atoms with Crippen molar-refractivity contribution >= 4 is 23.2 Å². The van der Waals surface area contributed by atoms with Gasteiger partial charge in [0, 0.05) is 78.1 Å². The van der Waals surface area contributed by atoms with E-state index in [1.54, 1.807) is 31.2 Å². The number of amides is 2. The zero-order valence-electron chi connectivity index (χ0n) is 24.2. The average molecular weight is 576 g/mol. The molecule has 0 saturated carbocycles. The number of halogens is 2. The highest BCUT2D eigenvalue weighted by atomic mass is 19.1. The first kappa shape index (κ1) is 29.7. The van der Waals surface area contributed by atoms with E-state index in [1.165, 1.54) is 18.2 Å². The third-order valence-corrected chi connectivity index (χ3v) is 8.15. The number of fused-ring (bicyclic) bond motifs is 1. The zero-order chi connectivity index (χ0) is 29.5. The Kier molecular flexibility index (Phi) is 9.81. The van der Waals surface area contributed by atoms with E-state index in [1.807, 2.05) is 45.0 Å². The second kappa shape index (κ2) is 13.9. The number of piperazine rings is 1. The van der Waals surface area contributed by atoms with Gasteiger partial charge in [-0.3, -0.25) is 19.4 Å². The number of hydrogen-bond donors (Lipinski definition) is 0.